The Morgan fingerprint density at radius 2 is 2.05 bits per heavy atom. The van der Waals surface area contributed by atoms with Crippen LogP contribution >= 0.6 is 22.6 Å². The number of halogens is 1. The number of nitrogens with one attached hydrogen (secondary N) is 1. The van der Waals surface area contributed by atoms with Gasteiger partial charge in [-0.05, 0) is 59.5 Å². The van der Waals surface area contributed by atoms with Crippen molar-refractivity contribution in [2.45, 2.75) is 25.7 Å². The fourth-order valence-corrected chi connectivity index (χ4v) is 3.17. The number of nitrogens with zero attached hydrogens (tertiary/aromatic N) is 1. The van der Waals surface area contributed by atoms with Gasteiger partial charge in [0.15, 0.2) is 0 Å². The molecule has 1 aliphatic rings. The zero-order valence-electron chi connectivity index (χ0n) is 11.9. The summed E-state index contributed by atoms with van der Waals surface area (Å²) in [7, 11) is 1.75. The monoisotopic (exact) mass is 402 g/mol. The molecule has 6 heteroatoms. The number of anilines is 1. The summed E-state index contributed by atoms with van der Waals surface area (Å²) >= 11 is 2.05. The number of rotatable bonds is 4. The number of benzene rings is 1. The Bertz CT molecular complexity index is 542. The summed E-state index contributed by atoms with van der Waals surface area (Å²) in [6.45, 7) is 0.721. The molecule has 0 radical (unpaired) electrons. The van der Waals surface area contributed by atoms with E-state index >= 15 is 0 Å². The van der Waals surface area contributed by atoms with E-state index in [2.05, 4.69) is 5.32 Å². The first-order chi connectivity index (χ1) is 9.97. The van der Waals surface area contributed by atoms with E-state index in [1.165, 1.54) is 25.7 Å². The maximum absolute atomic E-state index is 12.2. The Labute approximate surface area is 137 Å². The molecule has 0 saturated heterocycles. The summed E-state index contributed by atoms with van der Waals surface area (Å²) in [6, 6.07) is 4.70. The van der Waals surface area contributed by atoms with Crippen LogP contribution in [0.2, 0.25) is 0 Å². The van der Waals surface area contributed by atoms with Crippen molar-refractivity contribution in [3.63, 3.8) is 0 Å². The lowest BCUT2D eigenvalue weighted by molar-refractivity contribution is 0.0698. The summed E-state index contributed by atoms with van der Waals surface area (Å²) in [5.41, 5.74) is 0.454. The molecule has 2 amide bonds. The van der Waals surface area contributed by atoms with E-state index in [9.17, 15) is 14.7 Å². The highest BCUT2D eigenvalue weighted by Crippen LogP contribution is 2.25. The number of carbonyl (C=O) groups excluding carboxylic acids is 1. The molecule has 0 atom stereocenters. The van der Waals surface area contributed by atoms with E-state index in [0.29, 0.717) is 11.6 Å². The van der Waals surface area contributed by atoms with Gasteiger partial charge in [-0.15, -0.1) is 0 Å². The quantitative estimate of drug-likeness (QED) is 0.756. The lowest BCUT2D eigenvalue weighted by Crippen LogP contribution is -2.35. The third-order valence-electron chi connectivity index (χ3n) is 3.81. The first-order valence-corrected chi connectivity index (χ1v) is 8.10. The number of amides is 2. The predicted molar refractivity (Wildman–Crippen MR) is 89.7 cm³/mol. The number of hydrogen-bond acceptors (Lipinski definition) is 2. The van der Waals surface area contributed by atoms with E-state index in [4.69, 9.17) is 0 Å². The lowest BCUT2D eigenvalue weighted by atomic mass is 10.1. The van der Waals surface area contributed by atoms with Crippen LogP contribution in [0.25, 0.3) is 0 Å². The minimum atomic E-state index is -1.04. The minimum Gasteiger partial charge on any atom is -0.478 e. The van der Waals surface area contributed by atoms with Crippen LogP contribution in [0.4, 0.5) is 10.5 Å². The van der Waals surface area contributed by atoms with Gasteiger partial charge in [-0.1, -0.05) is 12.8 Å². The molecule has 2 N–H and O–H groups in total. The lowest BCUT2D eigenvalue weighted by Gasteiger charge is -2.22. The van der Waals surface area contributed by atoms with Crippen LogP contribution in [0.1, 0.15) is 36.0 Å². The molecule has 21 heavy (non-hydrogen) atoms. The number of aromatic carboxylic acids is 1. The second-order valence-corrected chi connectivity index (χ2v) is 6.70. The minimum absolute atomic E-state index is 0.115. The molecular formula is C15H19IN2O3. The molecule has 0 aliphatic heterocycles. The average molecular weight is 402 g/mol. The highest BCUT2D eigenvalue weighted by Gasteiger charge is 2.20. The number of carbonyl (C=O) groups is 2. The SMILES string of the molecule is CN(CC1CCCC1)C(=O)Nc1ccc(I)cc1C(=O)O. The molecule has 2 rings (SSSR count). The predicted octanol–water partition coefficient (Wildman–Crippen LogP) is 3.64. The van der Waals surface area contributed by atoms with Gasteiger partial charge in [0.25, 0.3) is 0 Å². The van der Waals surface area contributed by atoms with E-state index < -0.39 is 5.97 Å². The van der Waals surface area contributed by atoms with Crippen LogP contribution in [-0.4, -0.2) is 35.6 Å². The van der Waals surface area contributed by atoms with Crippen molar-refractivity contribution in [2.24, 2.45) is 5.92 Å². The molecule has 1 saturated carbocycles. The fraction of sp³-hybridized carbons (Fsp3) is 0.467. The van der Waals surface area contributed by atoms with Crippen molar-refractivity contribution in [1.29, 1.82) is 0 Å². The van der Waals surface area contributed by atoms with Gasteiger partial charge >= 0.3 is 12.0 Å². The van der Waals surface area contributed by atoms with Gasteiger partial charge < -0.3 is 15.3 Å². The standard InChI is InChI=1S/C15H19IN2O3/c1-18(9-10-4-2-3-5-10)15(21)17-13-7-6-11(16)8-12(13)14(19)20/h6-8,10H,2-5,9H2,1H3,(H,17,21)(H,19,20). The van der Waals surface area contributed by atoms with Gasteiger partial charge in [-0.2, -0.15) is 0 Å². The summed E-state index contributed by atoms with van der Waals surface area (Å²) < 4.78 is 0.822. The number of hydrogen-bond donors (Lipinski definition) is 2. The van der Waals surface area contributed by atoms with Crippen LogP contribution < -0.4 is 5.32 Å². The van der Waals surface area contributed by atoms with Crippen molar-refractivity contribution in [3.05, 3.63) is 27.3 Å². The van der Waals surface area contributed by atoms with E-state index in [1.54, 1.807) is 30.1 Å². The largest absolute Gasteiger partial charge is 0.478 e. The molecule has 5 nitrogen and oxygen atoms in total. The Kier molecular flexibility index (Phi) is 5.44. The molecule has 0 bridgehead atoms. The molecule has 1 aromatic carbocycles. The van der Waals surface area contributed by atoms with E-state index in [0.717, 1.165) is 10.1 Å². The third kappa shape index (κ3) is 4.33. The van der Waals surface area contributed by atoms with Gasteiger partial charge in [-0.3, -0.25) is 0 Å². The van der Waals surface area contributed by atoms with Gasteiger partial charge in [0.2, 0.25) is 0 Å². The second-order valence-electron chi connectivity index (χ2n) is 5.46. The van der Waals surface area contributed by atoms with Gasteiger partial charge in [0, 0.05) is 17.2 Å². The summed E-state index contributed by atoms with van der Waals surface area (Å²) in [5.74, 6) is -0.473. The molecule has 1 aliphatic carbocycles. The number of carboxylic acid groups (broad SMARTS) is 1. The van der Waals surface area contributed by atoms with Crippen LogP contribution in [-0.2, 0) is 0 Å². The van der Waals surface area contributed by atoms with Crippen LogP contribution in [0.3, 0.4) is 0 Å². The summed E-state index contributed by atoms with van der Waals surface area (Å²) in [6.07, 6.45) is 4.81. The molecule has 0 aromatic heterocycles. The van der Waals surface area contributed by atoms with Crippen molar-refractivity contribution in [1.82, 2.24) is 4.90 Å². The van der Waals surface area contributed by atoms with Gasteiger partial charge in [0.1, 0.15) is 0 Å². The van der Waals surface area contributed by atoms with Crippen molar-refractivity contribution >= 4 is 40.3 Å². The van der Waals surface area contributed by atoms with Gasteiger partial charge in [0.05, 0.1) is 11.3 Å². The molecule has 1 aromatic rings. The van der Waals surface area contributed by atoms with Crippen LogP contribution in [0, 0.1) is 9.49 Å². The Hall–Kier alpha value is -1.31. The maximum Gasteiger partial charge on any atom is 0.337 e. The highest BCUT2D eigenvalue weighted by atomic mass is 127. The molecular weight excluding hydrogens is 383 g/mol. The summed E-state index contributed by atoms with van der Waals surface area (Å²) in [4.78, 5) is 25.1. The number of urea groups is 1. The molecule has 114 valence electrons. The smallest absolute Gasteiger partial charge is 0.337 e. The van der Waals surface area contributed by atoms with E-state index in [1.807, 2.05) is 22.6 Å². The highest BCUT2D eigenvalue weighted by molar-refractivity contribution is 14.1. The van der Waals surface area contributed by atoms with Crippen molar-refractivity contribution in [3.8, 4) is 0 Å². The van der Waals surface area contributed by atoms with E-state index in [-0.39, 0.29) is 11.6 Å². The first kappa shape index (κ1) is 16.1. The average Bonchev–Trinajstić information content (AvgIpc) is 2.93. The molecule has 0 spiro atoms. The second kappa shape index (κ2) is 7.11. The van der Waals surface area contributed by atoms with Crippen LogP contribution in [0.15, 0.2) is 18.2 Å². The van der Waals surface area contributed by atoms with Crippen LogP contribution in [0.5, 0.6) is 0 Å². The Balaban J connectivity index is 2.03. The topological polar surface area (TPSA) is 69.6 Å². The first-order valence-electron chi connectivity index (χ1n) is 7.02. The molecule has 0 heterocycles. The third-order valence-corrected chi connectivity index (χ3v) is 4.48. The zero-order valence-corrected chi connectivity index (χ0v) is 14.1. The Morgan fingerprint density at radius 1 is 1.38 bits per heavy atom. The Morgan fingerprint density at radius 3 is 2.67 bits per heavy atom. The zero-order chi connectivity index (χ0) is 15.4. The van der Waals surface area contributed by atoms with Crippen molar-refractivity contribution < 1.29 is 14.7 Å². The maximum atomic E-state index is 12.2. The summed E-state index contributed by atoms with van der Waals surface area (Å²) in [5, 5.41) is 11.9. The fourth-order valence-electron chi connectivity index (χ4n) is 2.68. The molecule has 1 fully saturated rings. The normalized spacial score (nSPS) is 15.0. The van der Waals surface area contributed by atoms with Gasteiger partial charge in [-0.25, -0.2) is 9.59 Å². The number of carboxylic acids is 1. The van der Waals surface area contributed by atoms with Crippen molar-refractivity contribution in [2.75, 3.05) is 18.9 Å². The molecule has 0 unspecified atom stereocenters.